The van der Waals surface area contributed by atoms with E-state index >= 15 is 0 Å². The van der Waals surface area contributed by atoms with Crippen molar-refractivity contribution in [2.45, 2.75) is 58.4 Å². The number of piperidine rings is 2. The van der Waals surface area contributed by atoms with Crippen molar-refractivity contribution in [3.63, 3.8) is 0 Å². The van der Waals surface area contributed by atoms with Gasteiger partial charge in [0, 0.05) is 57.6 Å². The van der Waals surface area contributed by atoms with E-state index in [2.05, 4.69) is 39.3 Å². The number of carbonyl (C=O) groups is 1. The quantitative estimate of drug-likeness (QED) is 0.360. The third-order valence-electron chi connectivity index (χ3n) is 6.21. The van der Waals surface area contributed by atoms with E-state index < -0.39 is 0 Å². The van der Waals surface area contributed by atoms with E-state index in [0.29, 0.717) is 18.4 Å². The summed E-state index contributed by atoms with van der Waals surface area (Å²) in [7, 11) is 1.88. The van der Waals surface area contributed by atoms with E-state index in [0.717, 1.165) is 45.0 Å². The number of hydrogen-bond donors (Lipinski definition) is 2. The van der Waals surface area contributed by atoms with Crippen molar-refractivity contribution in [3.8, 4) is 0 Å². The molecule has 3 saturated heterocycles. The van der Waals surface area contributed by atoms with Gasteiger partial charge >= 0.3 is 0 Å². The zero-order chi connectivity index (χ0) is 18.6. The Morgan fingerprint density at radius 3 is 2.81 bits per heavy atom. The highest BCUT2D eigenvalue weighted by Crippen LogP contribution is 2.36. The van der Waals surface area contributed by atoms with Crippen LogP contribution in [0.2, 0.25) is 0 Å². The summed E-state index contributed by atoms with van der Waals surface area (Å²) in [5.41, 5.74) is 0.113. The van der Waals surface area contributed by atoms with Gasteiger partial charge in [-0.2, -0.15) is 0 Å². The topological polar surface area (TPSA) is 60.0 Å². The van der Waals surface area contributed by atoms with Crippen molar-refractivity contribution < 1.29 is 4.79 Å². The molecule has 0 aromatic carbocycles. The largest absolute Gasteiger partial charge is 0.355 e. The van der Waals surface area contributed by atoms with Gasteiger partial charge in [-0.1, -0.05) is 20.3 Å². The van der Waals surface area contributed by atoms with E-state index in [9.17, 15) is 4.79 Å². The minimum Gasteiger partial charge on any atom is -0.355 e. The second-order valence-corrected chi connectivity index (χ2v) is 8.95. The molecule has 7 heteroatoms. The van der Waals surface area contributed by atoms with Gasteiger partial charge in [0.15, 0.2) is 5.96 Å². The molecule has 2 unspecified atom stereocenters. The fraction of sp³-hybridized carbons (Fsp3) is 0.900. The van der Waals surface area contributed by atoms with Gasteiger partial charge in [-0.05, 0) is 38.1 Å². The highest BCUT2D eigenvalue weighted by Gasteiger charge is 2.42. The maximum Gasteiger partial charge on any atom is 0.220 e. The molecule has 2 atom stereocenters. The Labute approximate surface area is 181 Å². The Kier molecular flexibility index (Phi) is 8.65. The van der Waals surface area contributed by atoms with Gasteiger partial charge < -0.3 is 15.5 Å². The molecule has 6 nitrogen and oxygen atoms in total. The molecule has 0 radical (unpaired) electrons. The van der Waals surface area contributed by atoms with E-state index in [1.807, 2.05) is 7.05 Å². The van der Waals surface area contributed by atoms with Crippen molar-refractivity contribution in [1.82, 2.24) is 20.4 Å². The predicted molar refractivity (Wildman–Crippen MR) is 122 cm³/mol. The van der Waals surface area contributed by atoms with Crippen LogP contribution in [0.3, 0.4) is 0 Å². The molecule has 3 aliphatic heterocycles. The van der Waals surface area contributed by atoms with Gasteiger partial charge in [0.2, 0.25) is 5.91 Å². The fourth-order valence-electron chi connectivity index (χ4n) is 4.97. The summed E-state index contributed by atoms with van der Waals surface area (Å²) in [5.74, 6) is 1.93. The van der Waals surface area contributed by atoms with Gasteiger partial charge in [-0.3, -0.25) is 14.7 Å². The number of rotatable bonds is 4. The Hall–Kier alpha value is -0.570. The minimum atomic E-state index is 0. The molecule has 156 valence electrons. The highest BCUT2D eigenvalue weighted by atomic mass is 127. The Morgan fingerprint density at radius 1 is 1.33 bits per heavy atom. The number of likely N-dealkylation sites (tertiary alicyclic amines) is 2. The zero-order valence-electron chi connectivity index (χ0n) is 17.3. The summed E-state index contributed by atoms with van der Waals surface area (Å²) in [4.78, 5) is 21.3. The summed E-state index contributed by atoms with van der Waals surface area (Å²) in [6.45, 7) is 10.8. The number of halogens is 1. The molecule has 3 fully saturated rings. The summed E-state index contributed by atoms with van der Waals surface area (Å²) < 4.78 is 0. The number of carbonyl (C=O) groups excluding carboxylic acids is 1. The summed E-state index contributed by atoms with van der Waals surface area (Å²) >= 11 is 0. The van der Waals surface area contributed by atoms with Crippen LogP contribution < -0.4 is 10.6 Å². The van der Waals surface area contributed by atoms with Crippen molar-refractivity contribution in [2.24, 2.45) is 16.3 Å². The number of nitrogens with zero attached hydrogens (tertiary/aromatic N) is 3. The Morgan fingerprint density at radius 2 is 2.15 bits per heavy atom. The molecule has 1 spiro atoms. The lowest BCUT2D eigenvalue weighted by atomic mass is 9.79. The predicted octanol–water partition coefficient (Wildman–Crippen LogP) is 2.29. The number of nitrogens with one attached hydrogen (secondary N) is 2. The Bertz CT molecular complexity index is 527. The molecule has 27 heavy (non-hydrogen) atoms. The first-order chi connectivity index (χ1) is 12.5. The molecular weight excluding hydrogens is 453 g/mol. The van der Waals surface area contributed by atoms with E-state index in [4.69, 9.17) is 0 Å². The minimum absolute atomic E-state index is 0. The number of hydrogen-bond acceptors (Lipinski definition) is 3. The fourth-order valence-corrected chi connectivity index (χ4v) is 4.97. The van der Waals surface area contributed by atoms with E-state index in [1.165, 1.54) is 32.4 Å². The number of aliphatic imine (C=N–C) groups is 1. The van der Waals surface area contributed by atoms with Gasteiger partial charge in [-0.15, -0.1) is 24.0 Å². The average molecular weight is 491 g/mol. The molecule has 2 N–H and O–H groups in total. The van der Waals surface area contributed by atoms with E-state index in [-0.39, 0.29) is 35.3 Å². The van der Waals surface area contributed by atoms with Crippen LogP contribution in [0.15, 0.2) is 4.99 Å². The number of amides is 1. The molecular formula is C20H38IN5O. The van der Waals surface area contributed by atoms with Crippen LogP contribution in [0.1, 0.15) is 52.4 Å². The van der Waals surface area contributed by atoms with Crippen LogP contribution in [0.5, 0.6) is 0 Å². The first-order valence-corrected chi connectivity index (χ1v) is 10.5. The molecule has 1 amide bonds. The molecule has 3 rings (SSSR count). The summed E-state index contributed by atoms with van der Waals surface area (Å²) in [6.07, 6.45) is 6.89. The van der Waals surface area contributed by atoms with Crippen molar-refractivity contribution in [3.05, 3.63) is 0 Å². The first kappa shape index (κ1) is 22.7. The second kappa shape index (κ2) is 10.3. The average Bonchev–Trinajstić information content (AvgIpc) is 2.96. The van der Waals surface area contributed by atoms with Crippen LogP contribution in [0.25, 0.3) is 0 Å². The Balaban J connectivity index is 0.00000261. The van der Waals surface area contributed by atoms with Crippen LogP contribution in [0.4, 0.5) is 0 Å². The van der Waals surface area contributed by atoms with Gasteiger partial charge in [0.1, 0.15) is 0 Å². The lowest BCUT2D eigenvalue weighted by Gasteiger charge is -2.42. The lowest BCUT2D eigenvalue weighted by molar-refractivity contribution is -0.119. The molecule has 0 aliphatic carbocycles. The SMILES string of the molecule is CN=C(NCC1CCCCN1CC(C)C)N1CCCC2(CNC(=O)C2)C1.I. The van der Waals surface area contributed by atoms with Gasteiger partial charge in [-0.25, -0.2) is 0 Å². The molecule has 0 aromatic rings. The molecule has 3 aliphatic rings. The van der Waals surface area contributed by atoms with Crippen LogP contribution in [-0.4, -0.2) is 74.0 Å². The number of guanidine groups is 1. The van der Waals surface area contributed by atoms with Crippen molar-refractivity contribution >= 4 is 35.8 Å². The maximum absolute atomic E-state index is 11.7. The monoisotopic (exact) mass is 491 g/mol. The zero-order valence-corrected chi connectivity index (χ0v) is 19.6. The van der Waals surface area contributed by atoms with Crippen LogP contribution >= 0.6 is 24.0 Å². The van der Waals surface area contributed by atoms with Gasteiger partial charge in [0.25, 0.3) is 0 Å². The van der Waals surface area contributed by atoms with Crippen molar-refractivity contribution in [1.29, 1.82) is 0 Å². The molecule has 3 heterocycles. The molecule has 0 aromatic heterocycles. The normalized spacial score (nSPS) is 29.8. The standard InChI is InChI=1S/C20H37N5O.HI/c1-16(2)13-24-9-5-4-7-17(24)12-22-19(21-3)25-10-6-8-20(15-25)11-18(26)23-14-20;/h16-17H,4-15H2,1-3H3,(H,21,22)(H,23,26);1H. The van der Waals surface area contributed by atoms with Crippen LogP contribution in [-0.2, 0) is 4.79 Å². The third kappa shape index (κ3) is 5.95. The highest BCUT2D eigenvalue weighted by molar-refractivity contribution is 14.0. The lowest BCUT2D eigenvalue weighted by Crippen LogP contribution is -2.54. The van der Waals surface area contributed by atoms with Gasteiger partial charge in [0.05, 0.1) is 0 Å². The second-order valence-electron chi connectivity index (χ2n) is 8.95. The van der Waals surface area contributed by atoms with Crippen molar-refractivity contribution in [2.75, 3.05) is 46.3 Å². The first-order valence-electron chi connectivity index (χ1n) is 10.5. The maximum atomic E-state index is 11.7. The third-order valence-corrected chi connectivity index (χ3v) is 6.21. The summed E-state index contributed by atoms with van der Waals surface area (Å²) in [6, 6.07) is 0.608. The molecule has 0 saturated carbocycles. The summed E-state index contributed by atoms with van der Waals surface area (Å²) in [5, 5.41) is 6.69. The van der Waals surface area contributed by atoms with Crippen LogP contribution in [0, 0.1) is 11.3 Å². The van der Waals surface area contributed by atoms with E-state index in [1.54, 1.807) is 0 Å². The molecule has 0 bridgehead atoms. The smallest absolute Gasteiger partial charge is 0.220 e.